The SMILES string of the molecule is C=CCOCC[N+]1(CCO)CCCC1. The van der Waals surface area contributed by atoms with Crippen LogP contribution in [0.25, 0.3) is 0 Å². The van der Waals surface area contributed by atoms with Crippen LogP contribution in [0.3, 0.4) is 0 Å². The highest BCUT2D eigenvalue weighted by molar-refractivity contribution is 4.63. The van der Waals surface area contributed by atoms with Crippen molar-refractivity contribution in [2.45, 2.75) is 12.8 Å². The Morgan fingerprint density at radius 3 is 2.57 bits per heavy atom. The van der Waals surface area contributed by atoms with Gasteiger partial charge in [0.25, 0.3) is 0 Å². The van der Waals surface area contributed by atoms with Crippen molar-refractivity contribution in [3.8, 4) is 0 Å². The van der Waals surface area contributed by atoms with Gasteiger partial charge in [-0.2, -0.15) is 0 Å². The summed E-state index contributed by atoms with van der Waals surface area (Å²) in [4.78, 5) is 0. The fourth-order valence-corrected chi connectivity index (χ4v) is 2.20. The standard InChI is InChI=1S/C11H22NO2/c1-2-10-14-11-8-12(7-9-13)5-3-4-6-12/h2,13H,1,3-11H2/q+1. The Kier molecular flexibility index (Phi) is 5.15. The smallest absolute Gasteiger partial charge is 0.102 e. The van der Waals surface area contributed by atoms with E-state index in [9.17, 15) is 0 Å². The summed E-state index contributed by atoms with van der Waals surface area (Å²) in [5, 5.41) is 9.02. The number of hydrogen-bond donors (Lipinski definition) is 1. The van der Waals surface area contributed by atoms with Crippen LogP contribution in [0.1, 0.15) is 12.8 Å². The molecule has 0 radical (unpaired) electrons. The first-order chi connectivity index (χ1) is 6.83. The van der Waals surface area contributed by atoms with Gasteiger partial charge < -0.3 is 14.3 Å². The van der Waals surface area contributed by atoms with Crippen LogP contribution in [0.2, 0.25) is 0 Å². The number of rotatable bonds is 7. The summed E-state index contributed by atoms with van der Waals surface area (Å²) in [7, 11) is 0. The van der Waals surface area contributed by atoms with Gasteiger partial charge in [0, 0.05) is 12.8 Å². The van der Waals surface area contributed by atoms with Crippen molar-refractivity contribution in [1.29, 1.82) is 0 Å². The van der Waals surface area contributed by atoms with Crippen molar-refractivity contribution in [1.82, 2.24) is 0 Å². The Balaban J connectivity index is 2.24. The average molecular weight is 200 g/mol. The lowest BCUT2D eigenvalue weighted by atomic mass is 10.4. The van der Waals surface area contributed by atoms with Crippen molar-refractivity contribution in [3.63, 3.8) is 0 Å². The number of aliphatic hydroxyl groups is 1. The van der Waals surface area contributed by atoms with Crippen molar-refractivity contribution in [3.05, 3.63) is 12.7 Å². The van der Waals surface area contributed by atoms with E-state index in [0.717, 1.165) is 24.2 Å². The topological polar surface area (TPSA) is 29.5 Å². The molecule has 0 atom stereocenters. The van der Waals surface area contributed by atoms with Gasteiger partial charge in [-0.25, -0.2) is 0 Å². The summed E-state index contributed by atoms with van der Waals surface area (Å²) in [6, 6.07) is 0. The zero-order chi connectivity index (χ0) is 10.3. The van der Waals surface area contributed by atoms with Crippen LogP contribution >= 0.6 is 0 Å². The highest BCUT2D eigenvalue weighted by Gasteiger charge is 2.30. The Bertz CT molecular complexity index is 165. The maximum atomic E-state index is 9.02. The summed E-state index contributed by atoms with van der Waals surface area (Å²) < 4.78 is 6.45. The maximum Gasteiger partial charge on any atom is 0.102 e. The first-order valence-corrected chi connectivity index (χ1v) is 5.47. The van der Waals surface area contributed by atoms with Crippen LogP contribution in [0, 0.1) is 0 Å². The minimum Gasteiger partial charge on any atom is -0.391 e. The Morgan fingerprint density at radius 2 is 2.00 bits per heavy atom. The fraction of sp³-hybridized carbons (Fsp3) is 0.818. The largest absolute Gasteiger partial charge is 0.391 e. The van der Waals surface area contributed by atoms with Crippen molar-refractivity contribution < 1.29 is 14.3 Å². The molecule has 3 heteroatoms. The van der Waals surface area contributed by atoms with Gasteiger partial charge in [0.1, 0.15) is 13.1 Å². The minimum atomic E-state index is 0.293. The van der Waals surface area contributed by atoms with Crippen LogP contribution < -0.4 is 0 Å². The summed E-state index contributed by atoms with van der Waals surface area (Å²) in [5.41, 5.74) is 0. The van der Waals surface area contributed by atoms with E-state index in [1.54, 1.807) is 6.08 Å². The summed E-state index contributed by atoms with van der Waals surface area (Å²) >= 11 is 0. The van der Waals surface area contributed by atoms with E-state index in [0.29, 0.717) is 13.2 Å². The fourth-order valence-electron chi connectivity index (χ4n) is 2.20. The number of nitrogens with zero attached hydrogens (tertiary/aromatic N) is 1. The molecular weight excluding hydrogens is 178 g/mol. The number of quaternary nitrogens is 1. The highest BCUT2D eigenvalue weighted by Crippen LogP contribution is 2.18. The predicted molar refractivity (Wildman–Crippen MR) is 57.1 cm³/mol. The minimum absolute atomic E-state index is 0.293. The molecule has 0 amide bonds. The van der Waals surface area contributed by atoms with Gasteiger partial charge >= 0.3 is 0 Å². The molecule has 0 aliphatic carbocycles. The normalized spacial score (nSPS) is 19.8. The second kappa shape index (κ2) is 6.17. The molecule has 1 rings (SSSR count). The Labute approximate surface area is 86.6 Å². The molecule has 1 N–H and O–H groups in total. The van der Waals surface area contributed by atoms with Crippen LogP contribution in [-0.4, -0.2) is 55.6 Å². The molecule has 82 valence electrons. The molecule has 3 nitrogen and oxygen atoms in total. The zero-order valence-electron chi connectivity index (χ0n) is 8.95. The molecule has 1 aliphatic rings. The molecule has 1 fully saturated rings. The third-order valence-electron chi connectivity index (χ3n) is 3.03. The average Bonchev–Trinajstić information content (AvgIpc) is 2.63. The van der Waals surface area contributed by atoms with Crippen molar-refractivity contribution in [2.75, 3.05) is 46.0 Å². The summed E-state index contributed by atoms with van der Waals surface area (Å²) in [6.45, 7) is 9.66. The molecule has 1 saturated heterocycles. The molecule has 0 aromatic rings. The van der Waals surface area contributed by atoms with Gasteiger partial charge in [0.05, 0.1) is 32.9 Å². The molecular formula is C11H22NO2+. The quantitative estimate of drug-likeness (QED) is 0.374. The highest BCUT2D eigenvalue weighted by atomic mass is 16.5. The van der Waals surface area contributed by atoms with Gasteiger partial charge in [-0.3, -0.25) is 0 Å². The lowest BCUT2D eigenvalue weighted by Gasteiger charge is -2.33. The van der Waals surface area contributed by atoms with E-state index < -0.39 is 0 Å². The molecule has 0 bridgehead atoms. The van der Waals surface area contributed by atoms with Gasteiger partial charge in [0.2, 0.25) is 0 Å². The van der Waals surface area contributed by atoms with Gasteiger partial charge in [0.15, 0.2) is 0 Å². The van der Waals surface area contributed by atoms with Crippen molar-refractivity contribution in [2.24, 2.45) is 0 Å². The van der Waals surface area contributed by atoms with Gasteiger partial charge in [-0.15, -0.1) is 6.58 Å². The lowest BCUT2D eigenvalue weighted by molar-refractivity contribution is -0.917. The summed E-state index contributed by atoms with van der Waals surface area (Å²) in [6.07, 6.45) is 4.36. The van der Waals surface area contributed by atoms with Crippen LogP contribution in [0.4, 0.5) is 0 Å². The molecule has 1 heterocycles. The lowest BCUT2D eigenvalue weighted by Crippen LogP contribution is -2.49. The molecule has 1 aliphatic heterocycles. The second-order valence-electron chi connectivity index (χ2n) is 4.03. The molecule has 14 heavy (non-hydrogen) atoms. The van der Waals surface area contributed by atoms with E-state index >= 15 is 0 Å². The number of likely N-dealkylation sites (tertiary alicyclic amines) is 1. The summed E-state index contributed by atoms with van der Waals surface area (Å²) in [5.74, 6) is 0. The first kappa shape index (κ1) is 11.7. The number of ether oxygens (including phenoxy) is 1. The third kappa shape index (κ3) is 3.40. The van der Waals surface area contributed by atoms with E-state index in [2.05, 4.69) is 6.58 Å². The Hall–Kier alpha value is -0.380. The molecule has 0 saturated carbocycles. The molecule has 0 aromatic heterocycles. The van der Waals surface area contributed by atoms with Crippen LogP contribution in [0.15, 0.2) is 12.7 Å². The third-order valence-corrected chi connectivity index (χ3v) is 3.03. The molecule has 0 aromatic carbocycles. The number of hydrogen-bond acceptors (Lipinski definition) is 2. The predicted octanol–water partition coefficient (Wildman–Crippen LogP) is 0.792. The second-order valence-corrected chi connectivity index (χ2v) is 4.03. The van der Waals surface area contributed by atoms with Crippen molar-refractivity contribution >= 4 is 0 Å². The molecule has 0 spiro atoms. The maximum absolute atomic E-state index is 9.02. The van der Waals surface area contributed by atoms with Crippen LogP contribution in [-0.2, 0) is 4.74 Å². The van der Waals surface area contributed by atoms with Gasteiger partial charge in [-0.05, 0) is 0 Å². The van der Waals surface area contributed by atoms with E-state index in [1.807, 2.05) is 0 Å². The first-order valence-electron chi connectivity index (χ1n) is 5.47. The number of aliphatic hydroxyl groups excluding tert-OH is 1. The zero-order valence-corrected chi connectivity index (χ0v) is 8.95. The Morgan fingerprint density at radius 1 is 1.29 bits per heavy atom. The van der Waals surface area contributed by atoms with Gasteiger partial charge in [-0.1, -0.05) is 6.08 Å². The van der Waals surface area contributed by atoms with Crippen LogP contribution in [0.5, 0.6) is 0 Å². The monoisotopic (exact) mass is 200 g/mol. The van der Waals surface area contributed by atoms with E-state index in [-0.39, 0.29) is 0 Å². The van der Waals surface area contributed by atoms with E-state index in [4.69, 9.17) is 9.84 Å². The van der Waals surface area contributed by atoms with E-state index in [1.165, 1.54) is 25.9 Å². The molecule has 0 unspecified atom stereocenters.